The Bertz CT molecular complexity index is 481. The molecule has 2 rings (SSSR count). The van der Waals surface area contributed by atoms with E-state index < -0.39 is 6.43 Å². The van der Waals surface area contributed by atoms with Crippen LogP contribution in [0.25, 0.3) is 10.1 Å². The fourth-order valence-corrected chi connectivity index (χ4v) is 3.14. The van der Waals surface area contributed by atoms with Crippen LogP contribution in [0.1, 0.15) is 12.0 Å². The summed E-state index contributed by atoms with van der Waals surface area (Å²) >= 11 is 3.55. The third kappa shape index (κ3) is 1.58. The molecule has 0 spiro atoms. The minimum atomic E-state index is -2.42. The maximum atomic E-state index is 12.4. The van der Waals surface area contributed by atoms with Crippen LogP contribution in [-0.4, -0.2) is 0 Å². The summed E-state index contributed by atoms with van der Waals surface area (Å²) < 4.78 is 26.5. The second kappa shape index (κ2) is 3.62. The molecule has 0 fully saturated rings. The van der Waals surface area contributed by atoms with Crippen molar-refractivity contribution in [3.63, 3.8) is 0 Å². The molecule has 1 aromatic carbocycles. The Balaban J connectivity index is 2.67. The van der Waals surface area contributed by atoms with E-state index in [4.69, 9.17) is 5.73 Å². The quantitative estimate of drug-likeness (QED) is 0.787. The molecule has 0 aliphatic heterocycles. The molecule has 0 aliphatic rings. The number of halogens is 3. The van der Waals surface area contributed by atoms with E-state index in [2.05, 4.69) is 22.6 Å². The molecule has 0 amide bonds. The first-order valence-corrected chi connectivity index (χ1v) is 5.74. The highest BCUT2D eigenvalue weighted by Crippen LogP contribution is 2.36. The van der Waals surface area contributed by atoms with E-state index in [1.807, 2.05) is 0 Å². The summed E-state index contributed by atoms with van der Waals surface area (Å²) in [5.74, 6) is 0. The number of fused-ring (bicyclic) bond motifs is 1. The summed E-state index contributed by atoms with van der Waals surface area (Å²) in [5, 5.41) is 0.865. The lowest BCUT2D eigenvalue weighted by Gasteiger charge is -1.98. The van der Waals surface area contributed by atoms with Crippen LogP contribution in [0.5, 0.6) is 0 Å². The zero-order chi connectivity index (χ0) is 10.3. The number of anilines is 1. The van der Waals surface area contributed by atoms with E-state index >= 15 is 0 Å². The number of hydrogen-bond acceptors (Lipinski definition) is 2. The molecule has 14 heavy (non-hydrogen) atoms. The molecule has 2 aromatic rings. The Morgan fingerprint density at radius 1 is 1.36 bits per heavy atom. The molecular formula is C9H6F2INS. The standard InChI is InChI=1S/C9H6F2INS/c10-8(11)4-1-2-5-6(3-4)14-9(12)7(5)13/h1-3,8H,13H2. The van der Waals surface area contributed by atoms with Crippen molar-refractivity contribution >= 4 is 49.7 Å². The van der Waals surface area contributed by atoms with Gasteiger partial charge in [-0.15, -0.1) is 11.3 Å². The van der Waals surface area contributed by atoms with E-state index in [1.54, 1.807) is 6.07 Å². The fraction of sp³-hybridized carbons (Fsp3) is 0.111. The van der Waals surface area contributed by atoms with Gasteiger partial charge in [0.25, 0.3) is 6.43 Å². The molecule has 0 atom stereocenters. The van der Waals surface area contributed by atoms with Gasteiger partial charge in [-0.05, 0) is 28.7 Å². The molecule has 1 nitrogen and oxygen atoms in total. The van der Waals surface area contributed by atoms with Crippen molar-refractivity contribution in [1.82, 2.24) is 0 Å². The Kier molecular flexibility index (Phi) is 2.61. The van der Waals surface area contributed by atoms with Gasteiger partial charge in [0, 0.05) is 15.6 Å². The number of rotatable bonds is 1. The minimum absolute atomic E-state index is 0.0511. The first kappa shape index (κ1) is 10.1. The monoisotopic (exact) mass is 325 g/mol. The molecule has 2 N–H and O–H groups in total. The van der Waals surface area contributed by atoms with Gasteiger partial charge in [0.15, 0.2) is 0 Å². The van der Waals surface area contributed by atoms with Crippen molar-refractivity contribution in [1.29, 1.82) is 0 Å². The van der Waals surface area contributed by atoms with Crippen LogP contribution in [0.3, 0.4) is 0 Å². The number of thiophene rings is 1. The van der Waals surface area contributed by atoms with Crippen molar-refractivity contribution in [2.24, 2.45) is 0 Å². The highest BCUT2D eigenvalue weighted by molar-refractivity contribution is 14.1. The van der Waals surface area contributed by atoms with E-state index in [0.717, 1.165) is 13.0 Å². The number of nitrogen functional groups attached to an aromatic ring is 1. The predicted molar refractivity (Wildman–Crippen MR) is 63.9 cm³/mol. The van der Waals surface area contributed by atoms with Crippen molar-refractivity contribution in [3.8, 4) is 0 Å². The molecule has 74 valence electrons. The molecule has 0 saturated heterocycles. The summed E-state index contributed by atoms with van der Waals surface area (Å²) in [4.78, 5) is 0. The Labute approximate surface area is 97.1 Å². The highest BCUT2D eigenvalue weighted by Gasteiger charge is 2.11. The average Bonchev–Trinajstić information content (AvgIpc) is 2.42. The number of hydrogen-bond donors (Lipinski definition) is 1. The molecular weight excluding hydrogens is 319 g/mol. The van der Waals surface area contributed by atoms with Crippen molar-refractivity contribution in [2.45, 2.75) is 6.43 Å². The van der Waals surface area contributed by atoms with Crippen molar-refractivity contribution in [3.05, 3.63) is 26.6 Å². The number of alkyl halides is 2. The zero-order valence-electron chi connectivity index (χ0n) is 6.93. The van der Waals surface area contributed by atoms with Gasteiger partial charge >= 0.3 is 0 Å². The molecule has 0 aliphatic carbocycles. The van der Waals surface area contributed by atoms with Gasteiger partial charge in [-0.2, -0.15) is 0 Å². The van der Waals surface area contributed by atoms with E-state index in [9.17, 15) is 8.78 Å². The normalized spacial score (nSPS) is 11.4. The molecule has 0 saturated carbocycles. The van der Waals surface area contributed by atoms with Crippen LogP contribution >= 0.6 is 33.9 Å². The van der Waals surface area contributed by atoms with Gasteiger partial charge in [-0.1, -0.05) is 12.1 Å². The van der Waals surface area contributed by atoms with Gasteiger partial charge in [-0.25, -0.2) is 8.78 Å². The first-order chi connectivity index (χ1) is 6.59. The number of benzene rings is 1. The maximum Gasteiger partial charge on any atom is 0.263 e. The lowest BCUT2D eigenvalue weighted by molar-refractivity contribution is 0.151. The maximum absolute atomic E-state index is 12.4. The van der Waals surface area contributed by atoms with Crippen LogP contribution < -0.4 is 5.73 Å². The fourth-order valence-electron chi connectivity index (χ4n) is 1.24. The minimum Gasteiger partial charge on any atom is -0.397 e. The predicted octanol–water partition coefficient (Wildman–Crippen LogP) is 4.03. The van der Waals surface area contributed by atoms with Gasteiger partial charge < -0.3 is 5.73 Å². The highest BCUT2D eigenvalue weighted by atomic mass is 127. The second-order valence-electron chi connectivity index (χ2n) is 2.85. The third-order valence-corrected chi connectivity index (χ3v) is 4.16. The summed E-state index contributed by atoms with van der Waals surface area (Å²) in [6.07, 6.45) is -2.42. The Hall–Kier alpha value is -0.430. The molecule has 5 heteroatoms. The van der Waals surface area contributed by atoms with Gasteiger partial charge in [0.1, 0.15) is 0 Å². The van der Waals surface area contributed by atoms with Gasteiger partial charge in [0.05, 0.1) is 8.57 Å². The number of nitrogens with two attached hydrogens (primary N) is 1. The SMILES string of the molecule is Nc1c(I)sc2cc(C(F)F)ccc12. The van der Waals surface area contributed by atoms with Crippen LogP contribution in [0, 0.1) is 2.88 Å². The Morgan fingerprint density at radius 3 is 2.71 bits per heavy atom. The van der Waals surface area contributed by atoms with Crippen LogP contribution in [-0.2, 0) is 0 Å². The van der Waals surface area contributed by atoms with E-state index in [0.29, 0.717) is 5.69 Å². The molecule has 1 heterocycles. The lowest BCUT2D eigenvalue weighted by Crippen LogP contribution is -1.85. The summed E-state index contributed by atoms with van der Waals surface area (Å²) in [6, 6.07) is 4.58. The summed E-state index contributed by atoms with van der Waals surface area (Å²) in [6.45, 7) is 0. The summed E-state index contributed by atoms with van der Waals surface area (Å²) in [7, 11) is 0. The average molecular weight is 325 g/mol. The first-order valence-electron chi connectivity index (χ1n) is 3.85. The second-order valence-corrected chi connectivity index (χ2v) is 5.71. The lowest BCUT2D eigenvalue weighted by atomic mass is 10.2. The van der Waals surface area contributed by atoms with Crippen molar-refractivity contribution < 1.29 is 8.78 Å². The van der Waals surface area contributed by atoms with Crippen LogP contribution in [0.15, 0.2) is 18.2 Å². The molecule has 0 bridgehead atoms. The topological polar surface area (TPSA) is 26.0 Å². The smallest absolute Gasteiger partial charge is 0.263 e. The summed E-state index contributed by atoms with van der Waals surface area (Å²) in [5.41, 5.74) is 6.52. The zero-order valence-corrected chi connectivity index (χ0v) is 9.90. The molecule has 0 unspecified atom stereocenters. The van der Waals surface area contributed by atoms with Crippen LogP contribution in [0.2, 0.25) is 0 Å². The van der Waals surface area contributed by atoms with Crippen LogP contribution in [0.4, 0.5) is 14.5 Å². The molecule has 0 radical (unpaired) electrons. The molecule has 1 aromatic heterocycles. The van der Waals surface area contributed by atoms with Gasteiger partial charge in [-0.3, -0.25) is 0 Å². The van der Waals surface area contributed by atoms with E-state index in [-0.39, 0.29) is 5.56 Å². The van der Waals surface area contributed by atoms with Gasteiger partial charge in [0.2, 0.25) is 0 Å². The Morgan fingerprint density at radius 2 is 2.07 bits per heavy atom. The van der Waals surface area contributed by atoms with E-state index in [1.165, 1.54) is 23.5 Å². The third-order valence-electron chi connectivity index (χ3n) is 1.96. The van der Waals surface area contributed by atoms with Crippen molar-refractivity contribution in [2.75, 3.05) is 5.73 Å². The largest absolute Gasteiger partial charge is 0.397 e.